The summed E-state index contributed by atoms with van der Waals surface area (Å²) in [4.78, 5) is 13.4. The zero-order valence-electron chi connectivity index (χ0n) is 13.9. The van der Waals surface area contributed by atoms with Gasteiger partial charge < -0.3 is 14.7 Å². The lowest BCUT2D eigenvalue weighted by molar-refractivity contribution is -0.137. The average Bonchev–Trinajstić information content (AvgIpc) is 2.44. The molecule has 1 aromatic carbocycles. The van der Waals surface area contributed by atoms with Crippen molar-refractivity contribution in [2.24, 2.45) is 0 Å². The fourth-order valence-corrected chi connectivity index (χ4v) is 2.76. The van der Waals surface area contributed by atoms with Crippen LogP contribution in [0.5, 0.6) is 0 Å². The summed E-state index contributed by atoms with van der Waals surface area (Å²) in [6, 6.07) is 4.99. The number of ether oxygens (including phenoxy) is 1. The Bertz CT molecular complexity index is 595. The van der Waals surface area contributed by atoms with Crippen molar-refractivity contribution in [2.45, 2.75) is 51.0 Å². The van der Waals surface area contributed by atoms with Gasteiger partial charge in [-0.3, -0.25) is 0 Å². The number of carbonyl (C=O) groups excluding carboxylic acids is 1. The highest BCUT2D eigenvalue weighted by Crippen LogP contribution is 2.34. The Hall–Kier alpha value is -1.76. The lowest BCUT2D eigenvalue weighted by Crippen LogP contribution is -2.47. The lowest BCUT2D eigenvalue weighted by Gasteiger charge is -2.37. The van der Waals surface area contributed by atoms with Crippen LogP contribution in [0.2, 0.25) is 0 Å². The molecule has 0 bridgehead atoms. The van der Waals surface area contributed by atoms with Crippen LogP contribution in [-0.2, 0) is 10.9 Å². The van der Waals surface area contributed by atoms with Gasteiger partial charge in [-0.05, 0) is 38.8 Å². The van der Waals surface area contributed by atoms with Crippen molar-refractivity contribution in [2.75, 3.05) is 13.1 Å². The molecule has 1 fully saturated rings. The molecule has 4 nitrogen and oxygen atoms in total. The normalized spacial score (nSPS) is 22.4. The highest BCUT2D eigenvalue weighted by molar-refractivity contribution is 5.68. The molecule has 0 saturated carbocycles. The molecule has 2 atom stereocenters. The minimum absolute atomic E-state index is 0.0375. The molecule has 1 N–H and O–H groups in total. The average molecular weight is 345 g/mol. The number of carbonyl (C=O) groups is 1. The Morgan fingerprint density at radius 1 is 1.29 bits per heavy atom. The molecule has 1 aliphatic heterocycles. The number of aliphatic hydroxyl groups is 1. The number of halogens is 3. The van der Waals surface area contributed by atoms with E-state index in [1.54, 1.807) is 26.8 Å². The molecular weight excluding hydrogens is 323 g/mol. The number of piperidine rings is 1. The topological polar surface area (TPSA) is 49.8 Å². The van der Waals surface area contributed by atoms with Crippen LogP contribution >= 0.6 is 0 Å². The summed E-state index contributed by atoms with van der Waals surface area (Å²) in [6.07, 6.45) is -5.50. The van der Waals surface area contributed by atoms with Crippen LogP contribution in [0.25, 0.3) is 0 Å². The first kappa shape index (κ1) is 18.6. The lowest BCUT2D eigenvalue weighted by atomic mass is 9.86. The van der Waals surface area contributed by atoms with Crippen LogP contribution in [0.3, 0.4) is 0 Å². The van der Waals surface area contributed by atoms with Crippen molar-refractivity contribution >= 4 is 6.09 Å². The Balaban J connectivity index is 2.08. The van der Waals surface area contributed by atoms with Gasteiger partial charge in [-0.1, -0.05) is 18.2 Å². The third-order valence-corrected chi connectivity index (χ3v) is 3.88. The first-order valence-electron chi connectivity index (χ1n) is 7.80. The first-order valence-corrected chi connectivity index (χ1v) is 7.80. The van der Waals surface area contributed by atoms with Crippen molar-refractivity contribution in [3.63, 3.8) is 0 Å². The smallest absolute Gasteiger partial charge is 0.416 e. The molecule has 1 aliphatic rings. The minimum Gasteiger partial charge on any atom is -0.444 e. The van der Waals surface area contributed by atoms with Gasteiger partial charge >= 0.3 is 12.3 Å². The van der Waals surface area contributed by atoms with Crippen LogP contribution in [0.15, 0.2) is 24.3 Å². The summed E-state index contributed by atoms with van der Waals surface area (Å²) in [5, 5.41) is 10.3. The highest BCUT2D eigenvalue weighted by Gasteiger charge is 2.35. The van der Waals surface area contributed by atoms with Crippen molar-refractivity contribution in [1.82, 2.24) is 4.90 Å². The molecule has 1 amide bonds. The summed E-state index contributed by atoms with van der Waals surface area (Å²) in [6.45, 7) is 5.60. The summed E-state index contributed by atoms with van der Waals surface area (Å²) in [5.41, 5.74) is -0.942. The Morgan fingerprint density at radius 2 is 1.96 bits per heavy atom. The molecule has 2 rings (SSSR count). The van der Waals surface area contributed by atoms with E-state index in [0.29, 0.717) is 18.5 Å². The molecule has 24 heavy (non-hydrogen) atoms. The number of hydrogen-bond acceptors (Lipinski definition) is 3. The van der Waals surface area contributed by atoms with E-state index in [1.807, 2.05) is 0 Å². The van der Waals surface area contributed by atoms with Gasteiger partial charge in [0.05, 0.1) is 18.2 Å². The molecule has 0 radical (unpaired) electrons. The van der Waals surface area contributed by atoms with E-state index in [9.17, 15) is 23.1 Å². The molecule has 0 aliphatic carbocycles. The van der Waals surface area contributed by atoms with Crippen LogP contribution in [0, 0.1) is 0 Å². The van der Waals surface area contributed by atoms with E-state index in [1.165, 1.54) is 11.0 Å². The monoisotopic (exact) mass is 345 g/mol. The zero-order chi connectivity index (χ0) is 18.1. The maximum atomic E-state index is 12.8. The van der Waals surface area contributed by atoms with E-state index in [4.69, 9.17) is 4.74 Å². The number of alkyl halides is 3. The van der Waals surface area contributed by atoms with E-state index in [0.717, 1.165) is 12.1 Å². The maximum Gasteiger partial charge on any atom is 0.416 e. The van der Waals surface area contributed by atoms with Crippen LogP contribution in [0.4, 0.5) is 18.0 Å². The number of hydrogen-bond donors (Lipinski definition) is 1. The van der Waals surface area contributed by atoms with Gasteiger partial charge in [-0.15, -0.1) is 0 Å². The summed E-state index contributed by atoms with van der Waals surface area (Å²) < 4.78 is 43.7. The van der Waals surface area contributed by atoms with Crippen molar-refractivity contribution in [1.29, 1.82) is 0 Å². The molecule has 0 unspecified atom stereocenters. The SMILES string of the molecule is CC(C)(C)OC(=O)N1CC[C@@H](c2cccc(C(F)(F)F)c2)[C@H](O)C1. The van der Waals surface area contributed by atoms with Gasteiger partial charge in [0.25, 0.3) is 0 Å². The van der Waals surface area contributed by atoms with Gasteiger partial charge in [0.1, 0.15) is 5.60 Å². The third-order valence-electron chi connectivity index (χ3n) is 3.88. The van der Waals surface area contributed by atoms with Crippen LogP contribution < -0.4 is 0 Å². The van der Waals surface area contributed by atoms with Gasteiger partial charge in [0.2, 0.25) is 0 Å². The third kappa shape index (κ3) is 4.63. The van der Waals surface area contributed by atoms with Gasteiger partial charge in [-0.2, -0.15) is 13.2 Å². The van der Waals surface area contributed by atoms with Gasteiger partial charge in [-0.25, -0.2) is 4.79 Å². The van der Waals surface area contributed by atoms with Crippen molar-refractivity contribution < 1.29 is 27.8 Å². The molecule has 1 saturated heterocycles. The number of aliphatic hydroxyl groups excluding tert-OH is 1. The first-order chi connectivity index (χ1) is 11.0. The Kier molecular flexibility index (Phi) is 5.13. The molecular formula is C17H22F3NO3. The highest BCUT2D eigenvalue weighted by atomic mass is 19.4. The fourth-order valence-electron chi connectivity index (χ4n) is 2.76. The number of likely N-dealkylation sites (tertiary alicyclic amines) is 1. The van der Waals surface area contributed by atoms with Crippen LogP contribution in [0.1, 0.15) is 44.2 Å². The summed E-state index contributed by atoms with van der Waals surface area (Å²) in [5.74, 6) is -0.439. The second-order valence-corrected chi connectivity index (χ2v) is 7.01. The standard InChI is InChI=1S/C17H22F3NO3/c1-16(2,3)24-15(23)21-8-7-13(14(22)10-21)11-5-4-6-12(9-11)17(18,19)20/h4-6,9,13-14,22H,7-8,10H2,1-3H3/t13-,14+/m0/s1. The predicted octanol–water partition coefficient (Wildman–Crippen LogP) is 3.79. The van der Waals surface area contributed by atoms with E-state index < -0.39 is 35.5 Å². The minimum atomic E-state index is -4.42. The number of nitrogens with zero attached hydrogens (tertiary/aromatic N) is 1. The van der Waals surface area contributed by atoms with Gasteiger partial charge in [0.15, 0.2) is 0 Å². The van der Waals surface area contributed by atoms with Crippen molar-refractivity contribution in [3.8, 4) is 0 Å². The fraction of sp³-hybridized carbons (Fsp3) is 0.588. The number of amides is 1. The predicted molar refractivity (Wildman–Crippen MR) is 82.6 cm³/mol. The second-order valence-electron chi connectivity index (χ2n) is 7.01. The molecule has 1 aromatic rings. The Morgan fingerprint density at radius 3 is 2.50 bits per heavy atom. The van der Waals surface area contributed by atoms with E-state index >= 15 is 0 Å². The van der Waals surface area contributed by atoms with E-state index in [2.05, 4.69) is 0 Å². The Labute approximate surface area is 139 Å². The van der Waals surface area contributed by atoms with Crippen molar-refractivity contribution in [3.05, 3.63) is 35.4 Å². The number of benzene rings is 1. The summed E-state index contributed by atoms with van der Waals surface area (Å²) >= 11 is 0. The largest absolute Gasteiger partial charge is 0.444 e. The van der Waals surface area contributed by atoms with Gasteiger partial charge in [0, 0.05) is 12.5 Å². The quantitative estimate of drug-likeness (QED) is 0.842. The maximum absolute atomic E-state index is 12.8. The second kappa shape index (κ2) is 6.63. The zero-order valence-corrected chi connectivity index (χ0v) is 13.9. The molecule has 7 heteroatoms. The van der Waals surface area contributed by atoms with E-state index in [-0.39, 0.29) is 6.54 Å². The molecule has 0 aromatic heterocycles. The number of rotatable bonds is 1. The number of β-amino-alcohol motifs (C(OH)–C–C–N with tert-alkyl or cyclic N) is 1. The molecule has 0 spiro atoms. The van der Waals surface area contributed by atoms with Crippen LogP contribution in [-0.4, -0.2) is 40.9 Å². The summed E-state index contributed by atoms with van der Waals surface area (Å²) in [7, 11) is 0. The molecule has 1 heterocycles. The molecule has 134 valence electrons.